The van der Waals surface area contributed by atoms with Crippen LogP contribution in [0.5, 0.6) is 0 Å². The Kier molecular flexibility index (Phi) is 7.13. The number of hydrogen-bond acceptors (Lipinski definition) is 1. The molecule has 1 aliphatic rings. The first-order valence-electron chi connectivity index (χ1n) is 13.7. The van der Waals surface area contributed by atoms with E-state index in [0.717, 1.165) is 24.2 Å². The van der Waals surface area contributed by atoms with Crippen molar-refractivity contribution in [1.29, 1.82) is 0 Å². The van der Waals surface area contributed by atoms with Gasteiger partial charge in [0.1, 0.15) is 0 Å². The molecule has 38 heavy (non-hydrogen) atoms. The van der Waals surface area contributed by atoms with Crippen molar-refractivity contribution in [3.05, 3.63) is 132 Å². The van der Waals surface area contributed by atoms with Crippen LogP contribution in [0.4, 0.5) is 11.4 Å². The molecule has 0 aliphatic heterocycles. The first-order chi connectivity index (χ1) is 18.2. The fourth-order valence-corrected chi connectivity index (χ4v) is 6.00. The first-order valence-corrected chi connectivity index (χ1v) is 13.7. The lowest BCUT2D eigenvalue weighted by Crippen LogP contribution is -2.24. The Bertz CT molecular complexity index is 1480. The predicted molar refractivity (Wildman–Crippen MR) is 165 cm³/mol. The molecular formula is C37H39N. The molecule has 0 saturated heterocycles. The van der Waals surface area contributed by atoms with Gasteiger partial charge < -0.3 is 5.32 Å². The van der Waals surface area contributed by atoms with Gasteiger partial charge in [-0.15, -0.1) is 0 Å². The summed E-state index contributed by atoms with van der Waals surface area (Å²) in [4.78, 5) is 0. The van der Waals surface area contributed by atoms with E-state index in [-0.39, 0.29) is 5.41 Å². The zero-order chi connectivity index (χ0) is 26.8. The molecule has 0 amide bonds. The lowest BCUT2D eigenvalue weighted by Gasteiger charge is -2.33. The van der Waals surface area contributed by atoms with E-state index in [1.165, 1.54) is 38.6 Å². The molecule has 0 saturated carbocycles. The van der Waals surface area contributed by atoms with Gasteiger partial charge in [-0.05, 0) is 75.1 Å². The summed E-state index contributed by atoms with van der Waals surface area (Å²) in [5.41, 5.74) is 9.93. The number of anilines is 2. The fraction of sp³-hybridized carbons (Fsp3) is 0.243. The van der Waals surface area contributed by atoms with E-state index in [0.29, 0.717) is 5.41 Å². The molecule has 192 valence electrons. The van der Waals surface area contributed by atoms with Gasteiger partial charge >= 0.3 is 0 Å². The number of fused-ring (bicyclic) bond motifs is 4. The number of benzene rings is 5. The first kappa shape index (κ1) is 25.8. The van der Waals surface area contributed by atoms with Crippen molar-refractivity contribution in [2.75, 3.05) is 5.32 Å². The Morgan fingerprint density at radius 3 is 1.76 bits per heavy atom. The summed E-state index contributed by atoms with van der Waals surface area (Å²) >= 11 is 0. The maximum Gasteiger partial charge on any atom is 0.0463 e. The average molecular weight is 498 g/mol. The summed E-state index contributed by atoms with van der Waals surface area (Å²) in [6.07, 6.45) is 2.27. The summed E-state index contributed by atoms with van der Waals surface area (Å²) in [5, 5.41) is 6.09. The molecule has 1 nitrogen and oxygen atoms in total. The third-order valence-electron chi connectivity index (χ3n) is 7.41. The Labute approximate surface area is 228 Å². The minimum absolute atomic E-state index is 0.177. The molecule has 0 spiro atoms. The lowest BCUT2D eigenvalue weighted by molar-refractivity contribution is 0.284. The molecular weight excluding hydrogens is 458 g/mol. The average Bonchev–Trinajstić information content (AvgIpc) is 3.27. The van der Waals surface area contributed by atoms with Crippen LogP contribution in [0.1, 0.15) is 57.7 Å². The number of nitrogens with one attached hydrogen (secondary N) is 1. The van der Waals surface area contributed by atoms with Gasteiger partial charge in [-0.2, -0.15) is 0 Å². The van der Waals surface area contributed by atoms with Crippen LogP contribution in [-0.2, 0) is 11.8 Å². The van der Waals surface area contributed by atoms with Gasteiger partial charge in [0.05, 0.1) is 0 Å². The predicted octanol–water partition coefficient (Wildman–Crippen LogP) is 10.6. The van der Waals surface area contributed by atoms with Crippen molar-refractivity contribution in [3.8, 4) is 11.1 Å². The van der Waals surface area contributed by atoms with Crippen LogP contribution in [0.3, 0.4) is 0 Å². The molecule has 1 aliphatic carbocycles. The van der Waals surface area contributed by atoms with Crippen LogP contribution in [0, 0.1) is 5.41 Å². The standard InChI is InChI=1S/C24H29N.C13H10/c1-23(2,3)17-24(4,5)19-13-15-20(16-14-19)25-22-12-8-10-18-9-6-7-11-21(18)22;1-3-7-12-10(5-1)9-11-6-2-4-8-13(11)12/h6-16,25H,17H2,1-5H3;1-8H,9H2. The second-order valence-electron chi connectivity index (χ2n) is 12.3. The summed E-state index contributed by atoms with van der Waals surface area (Å²) in [6.45, 7) is 11.6. The van der Waals surface area contributed by atoms with Crippen molar-refractivity contribution >= 4 is 22.1 Å². The van der Waals surface area contributed by atoms with Gasteiger partial charge in [0.2, 0.25) is 0 Å². The minimum Gasteiger partial charge on any atom is -0.355 e. The lowest BCUT2D eigenvalue weighted by atomic mass is 9.72. The summed E-state index contributed by atoms with van der Waals surface area (Å²) < 4.78 is 0. The van der Waals surface area contributed by atoms with Crippen LogP contribution in [-0.4, -0.2) is 0 Å². The van der Waals surface area contributed by atoms with Crippen LogP contribution in [0.25, 0.3) is 21.9 Å². The fourth-order valence-electron chi connectivity index (χ4n) is 6.00. The number of hydrogen-bond donors (Lipinski definition) is 1. The smallest absolute Gasteiger partial charge is 0.0463 e. The van der Waals surface area contributed by atoms with Gasteiger partial charge in [0, 0.05) is 16.8 Å². The highest BCUT2D eigenvalue weighted by atomic mass is 14.9. The topological polar surface area (TPSA) is 12.0 Å². The van der Waals surface area contributed by atoms with E-state index in [4.69, 9.17) is 0 Å². The van der Waals surface area contributed by atoms with Crippen LogP contribution in [0.2, 0.25) is 0 Å². The van der Waals surface area contributed by atoms with Gasteiger partial charge in [0.15, 0.2) is 0 Å². The Morgan fingerprint density at radius 1 is 0.579 bits per heavy atom. The van der Waals surface area contributed by atoms with E-state index >= 15 is 0 Å². The summed E-state index contributed by atoms with van der Waals surface area (Å²) in [5.74, 6) is 0. The third kappa shape index (κ3) is 5.83. The zero-order valence-corrected chi connectivity index (χ0v) is 23.4. The molecule has 5 aromatic rings. The van der Waals surface area contributed by atoms with E-state index < -0.39 is 0 Å². The van der Waals surface area contributed by atoms with E-state index in [9.17, 15) is 0 Å². The highest BCUT2D eigenvalue weighted by Gasteiger charge is 2.27. The van der Waals surface area contributed by atoms with Gasteiger partial charge in [-0.25, -0.2) is 0 Å². The van der Waals surface area contributed by atoms with Crippen molar-refractivity contribution in [2.45, 2.75) is 52.9 Å². The molecule has 1 heteroatoms. The molecule has 6 rings (SSSR count). The van der Waals surface area contributed by atoms with Crippen molar-refractivity contribution in [3.63, 3.8) is 0 Å². The Balaban J connectivity index is 0.000000187. The third-order valence-corrected chi connectivity index (χ3v) is 7.41. The van der Waals surface area contributed by atoms with Crippen molar-refractivity contribution in [2.24, 2.45) is 5.41 Å². The molecule has 0 heterocycles. The maximum atomic E-state index is 3.57. The van der Waals surface area contributed by atoms with Crippen LogP contribution < -0.4 is 5.32 Å². The minimum atomic E-state index is 0.177. The zero-order valence-electron chi connectivity index (χ0n) is 23.4. The number of rotatable bonds is 4. The van der Waals surface area contributed by atoms with Gasteiger partial charge in [0.25, 0.3) is 0 Å². The van der Waals surface area contributed by atoms with Crippen LogP contribution >= 0.6 is 0 Å². The second kappa shape index (κ2) is 10.5. The summed E-state index contributed by atoms with van der Waals surface area (Å²) in [7, 11) is 0. The summed E-state index contributed by atoms with van der Waals surface area (Å²) in [6, 6.07) is 41.1. The highest BCUT2D eigenvalue weighted by Crippen LogP contribution is 2.37. The normalized spacial score (nSPS) is 12.3. The SMILES string of the molecule is CC(C)(C)CC(C)(C)c1ccc(Nc2cccc3ccccc23)cc1.c1ccc2c(c1)Cc1ccccc1-2. The molecule has 0 fully saturated rings. The van der Waals surface area contributed by atoms with Gasteiger partial charge in [-0.1, -0.05) is 132 Å². The molecule has 1 N–H and O–H groups in total. The van der Waals surface area contributed by atoms with Gasteiger partial charge in [-0.3, -0.25) is 0 Å². The van der Waals surface area contributed by atoms with E-state index in [2.05, 4.69) is 155 Å². The molecule has 0 unspecified atom stereocenters. The Hall–Kier alpha value is -3.84. The monoisotopic (exact) mass is 497 g/mol. The highest BCUT2D eigenvalue weighted by molar-refractivity contribution is 5.95. The Morgan fingerprint density at radius 2 is 1.13 bits per heavy atom. The van der Waals surface area contributed by atoms with E-state index in [1.807, 2.05) is 0 Å². The van der Waals surface area contributed by atoms with Crippen LogP contribution in [0.15, 0.2) is 115 Å². The van der Waals surface area contributed by atoms with Crippen molar-refractivity contribution in [1.82, 2.24) is 0 Å². The molecule has 0 atom stereocenters. The largest absolute Gasteiger partial charge is 0.355 e. The second-order valence-corrected chi connectivity index (χ2v) is 12.3. The molecule has 5 aromatic carbocycles. The van der Waals surface area contributed by atoms with Crippen molar-refractivity contribution < 1.29 is 0 Å². The molecule has 0 radical (unpaired) electrons. The quantitative estimate of drug-likeness (QED) is 0.255. The van der Waals surface area contributed by atoms with E-state index in [1.54, 1.807) is 0 Å². The molecule has 0 bridgehead atoms. The molecule has 0 aromatic heterocycles. The maximum absolute atomic E-state index is 3.57.